The van der Waals surface area contributed by atoms with Crippen molar-refractivity contribution in [3.8, 4) is 23.0 Å². The van der Waals surface area contributed by atoms with Crippen molar-refractivity contribution >= 4 is 23.2 Å². The lowest BCUT2D eigenvalue weighted by atomic mass is 9.99. The molecule has 9 heteroatoms. The fourth-order valence-corrected chi connectivity index (χ4v) is 4.43. The number of rotatable bonds is 7. The topological polar surface area (TPSA) is 98.4 Å². The zero-order valence-electron chi connectivity index (χ0n) is 20.1. The van der Waals surface area contributed by atoms with Crippen molar-refractivity contribution in [1.82, 2.24) is 4.90 Å². The number of hydrogen-bond acceptors (Lipinski definition) is 7. The van der Waals surface area contributed by atoms with Crippen LogP contribution in [0.3, 0.4) is 0 Å². The van der Waals surface area contributed by atoms with Crippen LogP contribution < -0.4 is 29.6 Å². The van der Waals surface area contributed by atoms with Gasteiger partial charge in [-0.2, -0.15) is 0 Å². The van der Waals surface area contributed by atoms with Crippen LogP contribution in [0.5, 0.6) is 23.0 Å². The lowest BCUT2D eigenvalue weighted by molar-refractivity contribution is -0.117. The number of para-hydroxylation sites is 1. The molecular formula is C27H27N3O6. The second-order valence-corrected chi connectivity index (χ2v) is 8.55. The van der Waals surface area contributed by atoms with Crippen molar-refractivity contribution in [2.75, 3.05) is 44.7 Å². The van der Waals surface area contributed by atoms with Crippen molar-refractivity contribution < 1.29 is 28.5 Å². The highest BCUT2D eigenvalue weighted by Gasteiger charge is 2.22. The van der Waals surface area contributed by atoms with Crippen LogP contribution in [0.25, 0.3) is 0 Å². The van der Waals surface area contributed by atoms with Gasteiger partial charge in [0.1, 0.15) is 0 Å². The average Bonchev–Trinajstić information content (AvgIpc) is 3.36. The van der Waals surface area contributed by atoms with Crippen molar-refractivity contribution in [1.29, 1.82) is 0 Å². The Morgan fingerprint density at radius 3 is 2.47 bits per heavy atom. The molecular weight excluding hydrogens is 462 g/mol. The highest BCUT2D eigenvalue weighted by atomic mass is 16.7. The first-order valence-electron chi connectivity index (χ1n) is 11.6. The van der Waals surface area contributed by atoms with E-state index in [1.54, 1.807) is 56.7 Å². The average molecular weight is 490 g/mol. The summed E-state index contributed by atoms with van der Waals surface area (Å²) in [7, 11) is 3.23. The van der Waals surface area contributed by atoms with E-state index < -0.39 is 0 Å². The molecule has 2 aliphatic heterocycles. The van der Waals surface area contributed by atoms with Crippen molar-refractivity contribution in [3.05, 3.63) is 71.3 Å². The first kappa shape index (κ1) is 23.5. The van der Waals surface area contributed by atoms with E-state index in [2.05, 4.69) is 15.5 Å². The maximum absolute atomic E-state index is 13.0. The Kier molecular flexibility index (Phi) is 6.64. The summed E-state index contributed by atoms with van der Waals surface area (Å²) in [5, 5.41) is 5.76. The molecule has 2 heterocycles. The van der Waals surface area contributed by atoms with Crippen LogP contribution >= 0.6 is 0 Å². The molecule has 0 saturated carbocycles. The summed E-state index contributed by atoms with van der Waals surface area (Å²) in [4.78, 5) is 28.0. The minimum Gasteiger partial charge on any atom is -0.493 e. The van der Waals surface area contributed by atoms with Gasteiger partial charge in [0.15, 0.2) is 23.0 Å². The molecule has 0 atom stereocenters. The van der Waals surface area contributed by atoms with Gasteiger partial charge >= 0.3 is 0 Å². The molecule has 5 rings (SSSR count). The number of fused-ring (bicyclic) bond motifs is 2. The number of carbonyl (C=O) groups excluding carboxylic acids is 2. The van der Waals surface area contributed by atoms with Crippen LogP contribution in [0, 0.1) is 0 Å². The molecule has 186 valence electrons. The zero-order valence-corrected chi connectivity index (χ0v) is 20.1. The van der Waals surface area contributed by atoms with Crippen LogP contribution in [0.2, 0.25) is 0 Å². The van der Waals surface area contributed by atoms with Gasteiger partial charge in [0, 0.05) is 24.8 Å². The number of anilines is 2. The molecule has 0 bridgehead atoms. The molecule has 3 aromatic rings. The minimum atomic E-state index is -0.335. The second kappa shape index (κ2) is 10.2. The Morgan fingerprint density at radius 2 is 1.67 bits per heavy atom. The summed E-state index contributed by atoms with van der Waals surface area (Å²) >= 11 is 0. The number of carbonyl (C=O) groups is 2. The Bertz CT molecular complexity index is 1310. The Hall–Kier alpha value is -4.24. The monoisotopic (exact) mass is 489 g/mol. The summed E-state index contributed by atoms with van der Waals surface area (Å²) in [6, 6.07) is 16.1. The molecule has 2 amide bonds. The lowest BCUT2D eigenvalue weighted by Crippen LogP contribution is -2.37. The number of benzene rings is 3. The molecule has 0 aromatic heterocycles. The third kappa shape index (κ3) is 4.92. The van der Waals surface area contributed by atoms with Crippen LogP contribution in [0.4, 0.5) is 11.4 Å². The Balaban J connectivity index is 1.24. The number of methoxy groups -OCH3 is 2. The van der Waals surface area contributed by atoms with Crippen molar-refractivity contribution in [2.24, 2.45) is 0 Å². The minimum absolute atomic E-state index is 0.159. The van der Waals surface area contributed by atoms with Crippen molar-refractivity contribution in [3.63, 3.8) is 0 Å². The van der Waals surface area contributed by atoms with Crippen LogP contribution in [-0.2, 0) is 17.8 Å². The summed E-state index contributed by atoms with van der Waals surface area (Å²) in [6.07, 6.45) is 0.803. The maximum Gasteiger partial charge on any atom is 0.257 e. The molecule has 36 heavy (non-hydrogen) atoms. The van der Waals surface area contributed by atoms with E-state index in [0.717, 1.165) is 18.5 Å². The number of nitrogens with zero attached hydrogens (tertiary/aromatic N) is 1. The third-order valence-electron chi connectivity index (χ3n) is 6.24. The fourth-order valence-electron chi connectivity index (χ4n) is 4.43. The highest BCUT2D eigenvalue weighted by Crippen LogP contribution is 2.35. The van der Waals surface area contributed by atoms with E-state index in [0.29, 0.717) is 46.5 Å². The van der Waals surface area contributed by atoms with E-state index in [4.69, 9.17) is 18.9 Å². The largest absolute Gasteiger partial charge is 0.493 e. The number of hydrogen-bond donors (Lipinski definition) is 2. The smallest absolute Gasteiger partial charge is 0.257 e. The van der Waals surface area contributed by atoms with Gasteiger partial charge in [-0.15, -0.1) is 0 Å². The molecule has 0 radical (unpaired) electrons. The summed E-state index contributed by atoms with van der Waals surface area (Å²) in [5.41, 5.74) is 3.68. The molecule has 2 N–H and O–H groups in total. The predicted molar refractivity (Wildman–Crippen MR) is 134 cm³/mol. The molecule has 0 aliphatic carbocycles. The molecule has 0 unspecified atom stereocenters. The third-order valence-corrected chi connectivity index (χ3v) is 6.24. The quantitative estimate of drug-likeness (QED) is 0.522. The number of amides is 2. The van der Waals surface area contributed by atoms with E-state index in [-0.39, 0.29) is 25.2 Å². The molecule has 2 aliphatic rings. The standard InChI is InChI=1S/C27H27N3O6/c1-33-23-11-17-9-10-30(14-18(17)12-24(23)34-2)15-26(31)29-21-6-4-3-5-20(21)27(32)28-19-7-8-22-25(13-19)36-16-35-22/h3-8,11-13H,9-10,14-16H2,1-2H3,(H,28,32)(H,29,31). The van der Waals surface area contributed by atoms with Gasteiger partial charge < -0.3 is 29.6 Å². The van der Waals surface area contributed by atoms with Gasteiger partial charge in [-0.1, -0.05) is 12.1 Å². The fraction of sp³-hybridized carbons (Fsp3) is 0.259. The Labute approximate surface area is 208 Å². The van der Waals surface area contributed by atoms with Gasteiger partial charge in [-0.25, -0.2) is 0 Å². The first-order valence-corrected chi connectivity index (χ1v) is 11.6. The van der Waals surface area contributed by atoms with Crippen LogP contribution in [0.1, 0.15) is 21.5 Å². The predicted octanol–water partition coefficient (Wildman–Crippen LogP) is 3.68. The number of ether oxygens (including phenoxy) is 4. The van der Waals surface area contributed by atoms with Gasteiger partial charge in [0.25, 0.3) is 5.91 Å². The maximum atomic E-state index is 13.0. The molecule has 0 fully saturated rings. The van der Waals surface area contributed by atoms with Gasteiger partial charge in [-0.3, -0.25) is 14.5 Å². The van der Waals surface area contributed by atoms with Gasteiger partial charge in [0.05, 0.1) is 32.0 Å². The first-order chi connectivity index (χ1) is 17.5. The van der Waals surface area contributed by atoms with Crippen LogP contribution in [-0.4, -0.2) is 50.8 Å². The molecule has 0 spiro atoms. The normalized spacial score (nSPS) is 14.1. The van der Waals surface area contributed by atoms with E-state index in [9.17, 15) is 9.59 Å². The zero-order chi connectivity index (χ0) is 25.1. The molecule has 9 nitrogen and oxygen atoms in total. The second-order valence-electron chi connectivity index (χ2n) is 8.55. The highest BCUT2D eigenvalue weighted by molar-refractivity contribution is 6.10. The van der Waals surface area contributed by atoms with Gasteiger partial charge in [-0.05, 0) is 53.9 Å². The molecule has 3 aromatic carbocycles. The SMILES string of the molecule is COc1cc2c(cc1OC)CN(CC(=O)Nc1ccccc1C(=O)Nc1ccc3c(c1)OCO3)CC2. The summed E-state index contributed by atoms with van der Waals surface area (Å²) in [5.74, 6) is 2.06. The van der Waals surface area contributed by atoms with Crippen molar-refractivity contribution in [2.45, 2.75) is 13.0 Å². The van der Waals surface area contributed by atoms with E-state index >= 15 is 0 Å². The van der Waals surface area contributed by atoms with E-state index in [1.807, 2.05) is 12.1 Å². The van der Waals surface area contributed by atoms with E-state index in [1.165, 1.54) is 5.56 Å². The molecule has 0 saturated heterocycles. The number of nitrogens with one attached hydrogen (secondary N) is 2. The summed E-state index contributed by atoms with van der Waals surface area (Å²) in [6.45, 7) is 1.72. The van der Waals surface area contributed by atoms with Crippen LogP contribution in [0.15, 0.2) is 54.6 Å². The van der Waals surface area contributed by atoms with Gasteiger partial charge in [0.2, 0.25) is 12.7 Å². The Morgan fingerprint density at radius 1 is 0.917 bits per heavy atom. The summed E-state index contributed by atoms with van der Waals surface area (Å²) < 4.78 is 21.5. The lowest BCUT2D eigenvalue weighted by Gasteiger charge is -2.29.